The van der Waals surface area contributed by atoms with Gasteiger partial charge in [0.25, 0.3) is 0 Å². The summed E-state index contributed by atoms with van der Waals surface area (Å²) in [5, 5.41) is 12.2. The van der Waals surface area contributed by atoms with Crippen molar-refractivity contribution >= 4 is 10.0 Å². The largest absolute Gasteiger partial charge is 0.394 e. The fourth-order valence-electron chi connectivity index (χ4n) is 1.94. The lowest BCUT2D eigenvalue weighted by Gasteiger charge is -2.35. The van der Waals surface area contributed by atoms with Crippen LogP contribution in [0.4, 0.5) is 0 Å². The zero-order valence-corrected chi connectivity index (χ0v) is 12.1. The molecule has 108 valence electrons. The van der Waals surface area contributed by atoms with E-state index >= 15 is 0 Å². The summed E-state index contributed by atoms with van der Waals surface area (Å²) in [6.45, 7) is 6.66. The Morgan fingerprint density at radius 3 is 2.67 bits per heavy atom. The molecule has 0 spiro atoms. The van der Waals surface area contributed by atoms with Crippen molar-refractivity contribution < 1.29 is 18.3 Å². The molecule has 1 heterocycles. The van der Waals surface area contributed by atoms with Gasteiger partial charge < -0.3 is 15.2 Å². The second-order valence-electron chi connectivity index (χ2n) is 4.99. The van der Waals surface area contributed by atoms with Crippen molar-refractivity contribution in [2.24, 2.45) is 0 Å². The summed E-state index contributed by atoms with van der Waals surface area (Å²) in [4.78, 5) is 0. The minimum atomic E-state index is -3.28. The van der Waals surface area contributed by atoms with E-state index in [4.69, 9.17) is 9.84 Å². The molecule has 1 aliphatic heterocycles. The van der Waals surface area contributed by atoms with Gasteiger partial charge in [-0.2, -0.15) is 4.31 Å². The fourth-order valence-corrected chi connectivity index (χ4v) is 3.40. The number of morpholine rings is 1. The van der Waals surface area contributed by atoms with Crippen LogP contribution in [0.15, 0.2) is 0 Å². The summed E-state index contributed by atoms with van der Waals surface area (Å²) < 4.78 is 31.1. The van der Waals surface area contributed by atoms with Gasteiger partial charge in [-0.05, 0) is 6.92 Å². The molecule has 0 saturated carbocycles. The van der Waals surface area contributed by atoms with Gasteiger partial charge in [-0.3, -0.25) is 0 Å². The SMILES string of the molecule is CC(C)NCCS(=O)(=O)N1CC(C)OC(CO)C1. The van der Waals surface area contributed by atoms with E-state index in [9.17, 15) is 8.42 Å². The third-order valence-electron chi connectivity index (χ3n) is 2.80. The van der Waals surface area contributed by atoms with Gasteiger partial charge in [0, 0.05) is 25.7 Å². The molecule has 0 bridgehead atoms. The van der Waals surface area contributed by atoms with Crippen LogP contribution in [0, 0.1) is 0 Å². The topological polar surface area (TPSA) is 78.9 Å². The molecule has 1 rings (SSSR count). The summed E-state index contributed by atoms with van der Waals surface area (Å²) >= 11 is 0. The summed E-state index contributed by atoms with van der Waals surface area (Å²) in [5.41, 5.74) is 0. The predicted molar refractivity (Wildman–Crippen MR) is 69.9 cm³/mol. The highest BCUT2D eigenvalue weighted by molar-refractivity contribution is 7.89. The molecule has 0 radical (unpaired) electrons. The molecule has 0 amide bonds. The van der Waals surface area contributed by atoms with Crippen LogP contribution in [0.3, 0.4) is 0 Å². The van der Waals surface area contributed by atoms with Crippen LogP contribution in [0.1, 0.15) is 20.8 Å². The second-order valence-corrected chi connectivity index (χ2v) is 7.08. The predicted octanol–water partition coefficient (Wildman–Crippen LogP) is -0.604. The van der Waals surface area contributed by atoms with E-state index in [0.29, 0.717) is 13.1 Å². The first-order chi connectivity index (χ1) is 8.35. The summed E-state index contributed by atoms with van der Waals surface area (Å²) in [5.74, 6) is 0.0794. The fraction of sp³-hybridized carbons (Fsp3) is 1.00. The Bertz CT molecular complexity index is 345. The maximum Gasteiger partial charge on any atom is 0.215 e. The number of hydrogen-bond donors (Lipinski definition) is 2. The maximum atomic E-state index is 12.1. The molecule has 0 aromatic rings. The molecule has 0 aromatic heterocycles. The van der Waals surface area contributed by atoms with Crippen molar-refractivity contribution in [2.75, 3.05) is 32.0 Å². The smallest absolute Gasteiger partial charge is 0.215 e. The van der Waals surface area contributed by atoms with Gasteiger partial charge in [0.1, 0.15) is 0 Å². The van der Waals surface area contributed by atoms with E-state index in [2.05, 4.69) is 5.32 Å². The van der Waals surface area contributed by atoms with Crippen LogP contribution in [-0.2, 0) is 14.8 Å². The molecule has 6 nitrogen and oxygen atoms in total. The van der Waals surface area contributed by atoms with E-state index in [1.54, 1.807) is 0 Å². The molecule has 1 saturated heterocycles. The number of nitrogens with one attached hydrogen (secondary N) is 1. The van der Waals surface area contributed by atoms with Gasteiger partial charge >= 0.3 is 0 Å². The van der Waals surface area contributed by atoms with Crippen molar-refractivity contribution in [2.45, 2.75) is 39.0 Å². The highest BCUT2D eigenvalue weighted by Gasteiger charge is 2.32. The first-order valence-electron chi connectivity index (χ1n) is 6.32. The molecule has 18 heavy (non-hydrogen) atoms. The second kappa shape index (κ2) is 6.81. The molecular formula is C11H24N2O4S. The van der Waals surface area contributed by atoms with Gasteiger partial charge in [-0.1, -0.05) is 13.8 Å². The first-order valence-corrected chi connectivity index (χ1v) is 7.93. The van der Waals surface area contributed by atoms with Gasteiger partial charge in [-0.15, -0.1) is 0 Å². The van der Waals surface area contributed by atoms with Crippen LogP contribution in [0.5, 0.6) is 0 Å². The number of sulfonamides is 1. The van der Waals surface area contributed by atoms with E-state index in [1.165, 1.54) is 4.31 Å². The van der Waals surface area contributed by atoms with Gasteiger partial charge in [-0.25, -0.2) is 8.42 Å². The van der Waals surface area contributed by atoms with Gasteiger partial charge in [0.15, 0.2) is 0 Å². The van der Waals surface area contributed by atoms with Crippen LogP contribution in [0.25, 0.3) is 0 Å². The molecule has 0 aromatic carbocycles. The Labute approximate surface area is 109 Å². The average Bonchev–Trinajstić information content (AvgIpc) is 2.27. The molecule has 1 aliphatic rings. The van der Waals surface area contributed by atoms with Crippen molar-refractivity contribution in [3.63, 3.8) is 0 Å². The lowest BCUT2D eigenvalue weighted by atomic mass is 10.2. The van der Waals surface area contributed by atoms with Crippen molar-refractivity contribution in [1.82, 2.24) is 9.62 Å². The van der Waals surface area contributed by atoms with Crippen molar-refractivity contribution in [1.29, 1.82) is 0 Å². The van der Waals surface area contributed by atoms with Gasteiger partial charge in [0.2, 0.25) is 10.0 Å². The maximum absolute atomic E-state index is 12.1. The molecule has 0 aliphatic carbocycles. The van der Waals surface area contributed by atoms with Gasteiger partial charge in [0.05, 0.1) is 24.6 Å². The molecule has 7 heteroatoms. The quantitative estimate of drug-likeness (QED) is 0.679. The summed E-state index contributed by atoms with van der Waals surface area (Å²) in [7, 11) is -3.28. The Hall–Kier alpha value is -0.210. The number of nitrogens with zero attached hydrogens (tertiary/aromatic N) is 1. The average molecular weight is 280 g/mol. The Balaban J connectivity index is 2.55. The zero-order chi connectivity index (χ0) is 13.8. The normalized spacial score (nSPS) is 26.7. The van der Waals surface area contributed by atoms with E-state index in [-0.39, 0.29) is 31.1 Å². The first kappa shape index (κ1) is 15.8. The number of aliphatic hydroxyl groups excluding tert-OH is 1. The molecular weight excluding hydrogens is 256 g/mol. The molecule has 2 atom stereocenters. The molecule has 2 unspecified atom stereocenters. The number of hydrogen-bond acceptors (Lipinski definition) is 5. The number of ether oxygens (including phenoxy) is 1. The summed E-state index contributed by atoms with van der Waals surface area (Å²) in [6, 6.07) is 0.272. The minimum absolute atomic E-state index is 0.0794. The lowest BCUT2D eigenvalue weighted by Crippen LogP contribution is -2.51. The Morgan fingerprint density at radius 1 is 1.44 bits per heavy atom. The molecule has 1 fully saturated rings. The number of rotatable bonds is 6. The third-order valence-corrected chi connectivity index (χ3v) is 4.61. The zero-order valence-electron chi connectivity index (χ0n) is 11.3. The van der Waals surface area contributed by atoms with Crippen LogP contribution < -0.4 is 5.32 Å². The number of aliphatic hydroxyl groups is 1. The highest BCUT2D eigenvalue weighted by atomic mass is 32.2. The van der Waals surface area contributed by atoms with Crippen LogP contribution in [0.2, 0.25) is 0 Å². The third kappa shape index (κ3) is 4.81. The van der Waals surface area contributed by atoms with E-state index in [1.807, 2.05) is 20.8 Å². The highest BCUT2D eigenvalue weighted by Crippen LogP contribution is 2.14. The summed E-state index contributed by atoms with van der Waals surface area (Å²) in [6.07, 6.45) is -0.592. The standard InChI is InChI=1S/C11H24N2O4S/c1-9(2)12-4-5-18(15,16)13-6-10(3)17-11(7-13)8-14/h9-12,14H,4-8H2,1-3H3. The van der Waals surface area contributed by atoms with Crippen molar-refractivity contribution in [3.05, 3.63) is 0 Å². The van der Waals surface area contributed by atoms with E-state index in [0.717, 1.165) is 0 Å². The minimum Gasteiger partial charge on any atom is -0.394 e. The Kier molecular flexibility index (Phi) is 6.00. The lowest BCUT2D eigenvalue weighted by molar-refractivity contribution is -0.0750. The monoisotopic (exact) mass is 280 g/mol. The van der Waals surface area contributed by atoms with E-state index < -0.39 is 16.1 Å². The van der Waals surface area contributed by atoms with Crippen LogP contribution >= 0.6 is 0 Å². The van der Waals surface area contributed by atoms with Crippen molar-refractivity contribution in [3.8, 4) is 0 Å². The molecule has 2 N–H and O–H groups in total. The van der Waals surface area contributed by atoms with Crippen LogP contribution in [-0.4, -0.2) is 68.1 Å². The Morgan fingerprint density at radius 2 is 2.11 bits per heavy atom.